The molecule has 0 N–H and O–H groups in total. The van der Waals surface area contributed by atoms with E-state index in [9.17, 15) is 4.79 Å². The zero-order chi connectivity index (χ0) is 12.3. The van der Waals surface area contributed by atoms with Gasteiger partial charge in [0.15, 0.2) is 0 Å². The van der Waals surface area contributed by atoms with Crippen LogP contribution >= 0.6 is 0 Å². The van der Waals surface area contributed by atoms with Crippen LogP contribution in [0, 0.1) is 0 Å². The van der Waals surface area contributed by atoms with Gasteiger partial charge in [0.05, 0.1) is 31.6 Å². The highest BCUT2D eigenvalue weighted by Crippen LogP contribution is 2.14. The van der Waals surface area contributed by atoms with Gasteiger partial charge in [-0.05, 0) is 32.1 Å². The molecule has 0 bridgehead atoms. The van der Waals surface area contributed by atoms with Gasteiger partial charge in [-0.3, -0.25) is 4.79 Å². The van der Waals surface area contributed by atoms with E-state index in [1.165, 1.54) is 0 Å². The minimum Gasteiger partial charge on any atom is -0.465 e. The first kappa shape index (κ1) is 11.9. The van der Waals surface area contributed by atoms with Crippen molar-refractivity contribution in [1.82, 2.24) is 4.90 Å². The molecule has 0 saturated carbocycles. The van der Waals surface area contributed by atoms with Crippen molar-refractivity contribution >= 4 is 12.0 Å². The van der Waals surface area contributed by atoms with Crippen molar-refractivity contribution in [1.29, 1.82) is 0 Å². The summed E-state index contributed by atoms with van der Waals surface area (Å²) in [6, 6.07) is 3.85. The highest BCUT2D eigenvalue weighted by atomic mass is 16.5. The monoisotopic (exact) mass is 235 g/mol. The zero-order valence-corrected chi connectivity index (χ0v) is 10.1. The molecule has 4 nitrogen and oxygen atoms in total. The van der Waals surface area contributed by atoms with E-state index in [1.54, 1.807) is 24.5 Å². The normalized spacial score (nSPS) is 25.4. The van der Waals surface area contributed by atoms with Crippen LogP contribution in [0.15, 0.2) is 28.9 Å². The Hall–Kier alpha value is -1.55. The van der Waals surface area contributed by atoms with Crippen LogP contribution < -0.4 is 0 Å². The number of rotatable bonds is 2. The van der Waals surface area contributed by atoms with Crippen molar-refractivity contribution in [2.75, 3.05) is 13.2 Å². The number of hydrogen-bond donors (Lipinski definition) is 0. The first-order valence-electron chi connectivity index (χ1n) is 5.80. The Balaban J connectivity index is 2.03. The molecule has 2 heterocycles. The summed E-state index contributed by atoms with van der Waals surface area (Å²) in [7, 11) is 0. The van der Waals surface area contributed by atoms with Crippen molar-refractivity contribution in [2.24, 2.45) is 0 Å². The summed E-state index contributed by atoms with van der Waals surface area (Å²) in [5.41, 5.74) is 0. The lowest BCUT2D eigenvalue weighted by molar-refractivity contribution is -0.138. The molecule has 0 radical (unpaired) electrons. The fourth-order valence-corrected chi connectivity index (χ4v) is 2.06. The molecule has 1 amide bonds. The number of morpholine rings is 1. The molecular weight excluding hydrogens is 218 g/mol. The summed E-state index contributed by atoms with van der Waals surface area (Å²) in [5.74, 6) is 0.691. The number of hydrogen-bond acceptors (Lipinski definition) is 3. The molecule has 1 aromatic heterocycles. The van der Waals surface area contributed by atoms with E-state index in [-0.39, 0.29) is 18.0 Å². The van der Waals surface area contributed by atoms with Gasteiger partial charge in [-0.25, -0.2) is 0 Å². The fourth-order valence-electron chi connectivity index (χ4n) is 2.06. The third kappa shape index (κ3) is 2.77. The number of amides is 1. The lowest BCUT2D eigenvalue weighted by Crippen LogP contribution is -2.51. The Kier molecular flexibility index (Phi) is 3.64. The summed E-state index contributed by atoms with van der Waals surface area (Å²) in [6.45, 7) is 5.19. The molecule has 0 aromatic carbocycles. The first-order valence-corrected chi connectivity index (χ1v) is 5.80. The van der Waals surface area contributed by atoms with Gasteiger partial charge in [-0.15, -0.1) is 0 Å². The molecule has 1 aliphatic heterocycles. The third-order valence-electron chi connectivity index (χ3n) is 2.86. The number of nitrogens with zero attached hydrogens (tertiary/aromatic N) is 1. The van der Waals surface area contributed by atoms with Crippen LogP contribution in [0.2, 0.25) is 0 Å². The van der Waals surface area contributed by atoms with Crippen LogP contribution in [0.25, 0.3) is 6.08 Å². The van der Waals surface area contributed by atoms with Gasteiger partial charge in [0.1, 0.15) is 5.76 Å². The van der Waals surface area contributed by atoms with E-state index in [0.717, 1.165) is 0 Å². The maximum absolute atomic E-state index is 12.1. The van der Waals surface area contributed by atoms with Crippen molar-refractivity contribution in [3.63, 3.8) is 0 Å². The third-order valence-corrected chi connectivity index (χ3v) is 2.86. The molecule has 1 fully saturated rings. The van der Waals surface area contributed by atoms with Crippen LogP contribution in [0.3, 0.4) is 0 Å². The van der Waals surface area contributed by atoms with Crippen LogP contribution in [0.1, 0.15) is 19.6 Å². The molecule has 4 heteroatoms. The Bertz CT molecular complexity index is 387. The van der Waals surface area contributed by atoms with E-state index in [1.807, 2.05) is 24.8 Å². The number of carbonyl (C=O) groups is 1. The first-order chi connectivity index (χ1) is 8.18. The Labute approximate surface area is 101 Å². The molecule has 0 spiro atoms. The molecule has 92 valence electrons. The summed E-state index contributed by atoms with van der Waals surface area (Å²) in [5, 5.41) is 0. The Morgan fingerprint density at radius 2 is 2.12 bits per heavy atom. The van der Waals surface area contributed by atoms with E-state index in [0.29, 0.717) is 19.0 Å². The Morgan fingerprint density at radius 1 is 1.41 bits per heavy atom. The molecule has 2 rings (SSSR count). The second kappa shape index (κ2) is 5.19. The maximum Gasteiger partial charge on any atom is 0.247 e. The van der Waals surface area contributed by atoms with Crippen LogP contribution in [0.5, 0.6) is 0 Å². The molecule has 0 unspecified atom stereocenters. The van der Waals surface area contributed by atoms with Gasteiger partial charge in [0, 0.05) is 6.08 Å². The van der Waals surface area contributed by atoms with E-state index in [4.69, 9.17) is 9.15 Å². The van der Waals surface area contributed by atoms with Crippen molar-refractivity contribution in [3.05, 3.63) is 30.2 Å². The van der Waals surface area contributed by atoms with Crippen molar-refractivity contribution < 1.29 is 13.9 Å². The number of ether oxygens (including phenoxy) is 1. The zero-order valence-electron chi connectivity index (χ0n) is 10.1. The lowest BCUT2D eigenvalue weighted by Gasteiger charge is -2.38. The van der Waals surface area contributed by atoms with Crippen LogP contribution in [0.4, 0.5) is 0 Å². The van der Waals surface area contributed by atoms with Gasteiger partial charge >= 0.3 is 0 Å². The highest BCUT2D eigenvalue weighted by molar-refractivity contribution is 5.91. The smallest absolute Gasteiger partial charge is 0.247 e. The molecule has 17 heavy (non-hydrogen) atoms. The van der Waals surface area contributed by atoms with Gasteiger partial charge < -0.3 is 14.1 Å². The van der Waals surface area contributed by atoms with Crippen LogP contribution in [-0.4, -0.2) is 36.1 Å². The summed E-state index contributed by atoms with van der Waals surface area (Å²) in [4.78, 5) is 13.9. The standard InChI is InChI=1S/C13H17NO3/c1-10-8-16-9-11(2)14(10)13(15)6-5-12-4-3-7-17-12/h3-7,10-11H,8-9H2,1-2H3/b6-5+/t10-,11-/m1/s1. The second-order valence-corrected chi connectivity index (χ2v) is 4.33. The molecule has 1 aliphatic rings. The van der Waals surface area contributed by atoms with E-state index < -0.39 is 0 Å². The number of carbonyl (C=O) groups excluding carboxylic acids is 1. The number of furan rings is 1. The molecule has 1 aromatic rings. The van der Waals surface area contributed by atoms with Crippen molar-refractivity contribution in [3.8, 4) is 0 Å². The SMILES string of the molecule is C[C@@H]1COC[C@@H](C)N1C(=O)/C=C/c1ccco1. The van der Waals surface area contributed by atoms with Crippen molar-refractivity contribution in [2.45, 2.75) is 25.9 Å². The predicted molar refractivity (Wildman–Crippen MR) is 64.3 cm³/mol. The summed E-state index contributed by atoms with van der Waals surface area (Å²) in [6.07, 6.45) is 4.83. The fraction of sp³-hybridized carbons (Fsp3) is 0.462. The van der Waals surface area contributed by atoms with Crippen LogP contribution in [-0.2, 0) is 9.53 Å². The Morgan fingerprint density at radius 3 is 2.71 bits per heavy atom. The lowest BCUT2D eigenvalue weighted by atomic mass is 10.1. The highest BCUT2D eigenvalue weighted by Gasteiger charge is 2.28. The average Bonchev–Trinajstić information content (AvgIpc) is 2.79. The van der Waals surface area contributed by atoms with Gasteiger partial charge in [0.25, 0.3) is 0 Å². The minimum absolute atomic E-state index is 0.00435. The summed E-state index contributed by atoms with van der Waals surface area (Å²) < 4.78 is 10.5. The molecule has 2 atom stereocenters. The molecule has 1 saturated heterocycles. The summed E-state index contributed by atoms with van der Waals surface area (Å²) >= 11 is 0. The quantitative estimate of drug-likeness (QED) is 0.736. The van der Waals surface area contributed by atoms with E-state index >= 15 is 0 Å². The van der Waals surface area contributed by atoms with E-state index in [2.05, 4.69) is 0 Å². The largest absolute Gasteiger partial charge is 0.465 e. The second-order valence-electron chi connectivity index (χ2n) is 4.33. The minimum atomic E-state index is 0.00435. The molecular formula is C13H17NO3. The average molecular weight is 235 g/mol. The van der Waals surface area contributed by atoms with Gasteiger partial charge in [-0.1, -0.05) is 0 Å². The maximum atomic E-state index is 12.1. The van der Waals surface area contributed by atoms with Gasteiger partial charge in [0.2, 0.25) is 5.91 Å². The van der Waals surface area contributed by atoms with Gasteiger partial charge in [-0.2, -0.15) is 0 Å². The topological polar surface area (TPSA) is 42.7 Å². The predicted octanol–water partition coefficient (Wildman–Crippen LogP) is 1.93. The molecule has 0 aliphatic carbocycles.